The summed E-state index contributed by atoms with van der Waals surface area (Å²) in [6.07, 6.45) is 1.37. The van der Waals surface area contributed by atoms with E-state index < -0.39 is 5.82 Å². The molecule has 0 unspecified atom stereocenters. The van der Waals surface area contributed by atoms with Crippen molar-refractivity contribution in [2.24, 2.45) is 11.8 Å². The number of rotatable bonds is 7. The van der Waals surface area contributed by atoms with E-state index in [-0.39, 0.29) is 17.3 Å². The van der Waals surface area contributed by atoms with Gasteiger partial charge in [0, 0.05) is 25.8 Å². The Balaban J connectivity index is 2.98. The van der Waals surface area contributed by atoms with Crippen molar-refractivity contribution in [1.29, 1.82) is 0 Å². The van der Waals surface area contributed by atoms with E-state index in [1.165, 1.54) is 12.3 Å². The van der Waals surface area contributed by atoms with Gasteiger partial charge in [-0.1, -0.05) is 13.8 Å². The number of hydrogen-bond donors (Lipinski definition) is 2. The van der Waals surface area contributed by atoms with Crippen LogP contribution in [-0.2, 0) is 0 Å². The number of nitrogen functional groups attached to an aromatic ring is 1. The average Bonchev–Trinajstić information content (AvgIpc) is 2.42. The van der Waals surface area contributed by atoms with Gasteiger partial charge in [0.05, 0.1) is 5.56 Å². The normalized spacial score (nSPS) is 11.0. The second-order valence-electron chi connectivity index (χ2n) is 5.61. The molecule has 3 N–H and O–H groups in total. The summed E-state index contributed by atoms with van der Waals surface area (Å²) in [4.78, 5) is 19.9. The number of aromatic nitrogens is 1. The number of amides is 1. The summed E-state index contributed by atoms with van der Waals surface area (Å²) in [7, 11) is 3.86. The van der Waals surface area contributed by atoms with Crippen LogP contribution in [0, 0.1) is 11.7 Å². The first kappa shape index (κ1) is 17.3. The molecule has 1 rings (SSSR count). The Morgan fingerprint density at radius 2 is 2.10 bits per heavy atom. The third-order valence-electron chi connectivity index (χ3n) is 2.95. The minimum Gasteiger partial charge on any atom is -0.337 e. The van der Waals surface area contributed by atoms with Crippen LogP contribution in [0.4, 0.5) is 10.2 Å². The first-order valence-electron chi connectivity index (χ1n) is 6.92. The lowest BCUT2D eigenvalue weighted by Gasteiger charge is -2.26. The van der Waals surface area contributed by atoms with Gasteiger partial charge in [0.2, 0.25) is 0 Å². The predicted octanol–water partition coefficient (Wildman–Crippen LogP) is 1.17. The molecule has 118 valence electrons. The highest BCUT2D eigenvalue weighted by Crippen LogP contribution is 2.16. The number of nitrogens with two attached hydrogens (primary N) is 1. The molecule has 1 aromatic rings. The highest BCUT2D eigenvalue weighted by molar-refractivity contribution is 5.95. The zero-order valence-electron chi connectivity index (χ0n) is 13.1. The van der Waals surface area contributed by atoms with Gasteiger partial charge in [-0.15, -0.1) is 0 Å². The van der Waals surface area contributed by atoms with E-state index >= 15 is 0 Å². The number of nitrogens with one attached hydrogen (secondary N) is 1. The Morgan fingerprint density at radius 3 is 2.62 bits per heavy atom. The summed E-state index contributed by atoms with van der Waals surface area (Å²) >= 11 is 0. The van der Waals surface area contributed by atoms with E-state index in [1.807, 2.05) is 32.8 Å². The Kier molecular flexibility index (Phi) is 6.51. The molecule has 0 radical (unpaired) electrons. The quantitative estimate of drug-likeness (QED) is 0.584. The molecule has 1 aromatic heterocycles. The van der Waals surface area contributed by atoms with Crippen LogP contribution in [0.5, 0.6) is 0 Å². The monoisotopic (exact) mass is 297 g/mol. The van der Waals surface area contributed by atoms with Gasteiger partial charge in [0.1, 0.15) is 0 Å². The van der Waals surface area contributed by atoms with Gasteiger partial charge in [-0.05, 0) is 26.1 Å². The van der Waals surface area contributed by atoms with Crippen LogP contribution in [0.15, 0.2) is 12.3 Å². The third kappa shape index (κ3) is 4.95. The highest BCUT2D eigenvalue weighted by atomic mass is 19.1. The summed E-state index contributed by atoms with van der Waals surface area (Å²) in [5.74, 6) is 4.30. The van der Waals surface area contributed by atoms with E-state index in [2.05, 4.69) is 10.4 Å². The van der Waals surface area contributed by atoms with Crippen LogP contribution in [-0.4, -0.2) is 54.4 Å². The Morgan fingerprint density at radius 1 is 1.43 bits per heavy atom. The summed E-state index contributed by atoms with van der Waals surface area (Å²) in [5, 5.41) is 0. The molecule has 0 aliphatic heterocycles. The SMILES string of the molecule is CC(C)CN(CCN(C)C)C(=O)c1ccnc(NN)c1F. The molecule has 0 aliphatic rings. The number of hydrazine groups is 1. The minimum absolute atomic E-state index is 0.0163. The smallest absolute Gasteiger partial charge is 0.257 e. The van der Waals surface area contributed by atoms with Crippen LogP contribution in [0.2, 0.25) is 0 Å². The molecule has 21 heavy (non-hydrogen) atoms. The van der Waals surface area contributed by atoms with Crippen molar-refractivity contribution in [2.75, 3.05) is 39.2 Å². The molecule has 0 aromatic carbocycles. The van der Waals surface area contributed by atoms with Gasteiger partial charge in [-0.3, -0.25) is 4.79 Å². The number of anilines is 1. The topological polar surface area (TPSA) is 74.5 Å². The van der Waals surface area contributed by atoms with Crippen LogP contribution >= 0.6 is 0 Å². The number of likely N-dealkylation sites (N-methyl/N-ethyl adjacent to an activating group) is 1. The molecule has 1 amide bonds. The van der Waals surface area contributed by atoms with Crippen LogP contribution in [0.1, 0.15) is 24.2 Å². The highest BCUT2D eigenvalue weighted by Gasteiger charge is 2.22. The molecule has 0 atom stereocenters. The number of nitrogens with zero attached hydrogens (tertiary/aromatic N) is 3. The Bertz CT molecular complexity index is 478. The molecule has 0 saturated heterocycles. The van der Waals surface area contributed by atoms with E-state index in [0.717, 1.165) is 0 Å². The first-order chi connectivity index (χ1) is 9.86. The number of halogens is 1. The van der Waals surface area contributed by atoms with Crippen molar-refractivity contribution in [1.82, 2.24) is 14.8 Å². The zero-order chi connectivity index (χ0) is 16.0. The first-order valence-corrected chi connectivity index (χ1v) is 6.92. The Hall–Kier alpha value is -1.73. The summed E-state index contributed by atoms with van der Waals surface area (Å²) in [6.45, 7) is 5.86. The predicted molar refractivity (Wildman–Crippen MR) is 81.3 cm³/mol. The van der Waals surface area contributed by atoms with Crippen molar-refractivity contribution in [3.8, 4) is 0 Å². The lowest BCUT2D eigenvalue weighted by molar-refractivity contribution is 0.0720. The Labute approximate surface area is 125 Å². The maximum absolute atomic E-state index is 14.2. The number of carbonyl (C=O) groups excluding carboxylic acids is 1. The van der Waals surface area contributed by atoms with Gasteiger partial charge in [0.15, 0.2) is 11.6 Å². The van der Waals surface area contributed by atoms with E-state index in [9.17, 15) is 9.18 Å². The second-order valence-corrected chi connectivity index (χ2v) is 5.61. The van der Waals surface area contributed by atoms with Gasteiger partial charge in [-0.2, -0.15) is 0 Å². The van der Waals surface area contributed by atoms with Crippen LogP contribution < -0.4 is 11.3 Å². The molecule has 0 saturated carbocycles. The fourth-order valence-corrected chi connectivity index (χ4v) is 1.92. The molecule has 0 bridgehead atoms. The molecule has 0 fully saturated rings. The van der Waals surface area contributed by atoms with Gasteiger partial charge in [-0.25, -0.2) is 15.2 Å². The van der Waals surface area contributed by atoms with Crippen molar-refractivity contribution in [3.63, 3.8) is 0 Å². The van der Waals surface area contributed by atoms with Gasteiger partial charge >= 0.3 is 0 Å². The molecule has 0 spiro atoms. The zero-order valence-corrected chi connectivity index (χ0v) is 13.1. The lowest BCUT2D eigenvalue weighted by Crippen LogP contribution is -2.39. The third-order valence-corrected chi connectivity index (χ3v) is 2.95. The lowest BCUT2D eigenvalue weighted by atomic mass is 10.1. The molecule has 6 nitrogen and oxygen atoms in total. The molecular weight excluding hydrogens is 273 g/mol. The van der Waals surface area contributed by atoms with E-state index in [4.69, 9.17) is 5.84 Å². The van der Waals surface area contributed by atoms with Gasteiger partial charge < -0.3 is 15.2 Å². The second kappa shape index (κ2) is 7.90. The minimum atomic E-state index is -0.719. The van der Waals surface area contributed by atoms with Crippen LogP contribution in [0.3, 0.4) is 0 Å². The maximum Gasteiger partial charge on any atom is 0.257 e. The van der Waals surface area contributed by atoms with Crippen molar-refractivity contribution in [2.45, 2.75) is 13.8 Å². The summed E-state index contributed by atoms with van der Waals surface area (Å²) in [5.41, 5.74) is 2.14. The van der Waals surface area contributed by atoms with Crippen molar-refractivity contribution < 1.29 is 9.18 Å². The molecule has 1 heterocycles. The number of hydrogen-bond acceptors (Lipinski definition) is 5. The van der Waals surface area contributed by atoms with Crippen molar-refractivity contribution >= 4 is 11.7 Å². The summed E-state index contributed by atoms with van der Waals surface area (Å²) in [6, 6.07) is 1.38. The fraction of sp³-hybridized carbons (Fsp3) is 0.571. The van der Waals surface area contributed by atoms with E-state index in [0.29, 0.717) is 25.6 Å². The largest absolute Gasteiger partial charge is 0.337 e. The molecule has 7 heteroatoms. The number of pyridine rings is 1. The number of carbonyl (C=O) groups is 1. The van der Waals surface area contributed by atoms with Crippen molar-refractivity contribution in [3.05, 3.63) is 23.6 Å². The standard InChI is InChI=1S/C14H24FN5O/c1-10(2)9-20(8-7-19(3)4)14(21)11-5-6-17-13(18-16)12(11)15/h5-6,10H,7-9,16H2,1-4H3,(H,17,18). The average molecular weight is 297 g/mol. The summed E-state index contributed by atoms with van der Waals surface area (Å²) < 4.78 is 14.2. The molecule has 0 aliphatic carbocycles. The van der Waals surface area contributed by atoms with Crippen LogP contribution in [0.25, 0.3) is 0 Å². The van der Waals surface area contributed by atoms with E-state index in [1.54, 1.807) is 4.90 Å². The fourth-order valence-electron chi connectivity index (χ4n) is 1.92. The maximum atomic E-state index is 14.2. The van der Waals surface area contributed by atoms with Gasteiger partial charge in [0.25, 0.3) is 5.91 Å². The molecular formula is C14H24FN5O.